The molecule has 3 heterocycles. The minimum atomic E-state index is -1.37. The van der Waals surface area contributed by atoms with Gasteiger partial charge in [0.1, 0.15) is 17.3 Å². The van der Waals surface area contributed by atoms with E-state index in [9.17, 15) is 14.4 Å². The van der Waals surface area contributed by atoms with Gasteiger partial charge < -0.3 is 18.6 Å². The largest absolute Gasteiger partial charge is 0.494 e. The Balaban J connectivity index is 1.44. The fraction of sp³-hybridized carbons (Fsp3) is 0.294. The fourth-order valence-electron chi connectivity index (χ4n) is 5.51. The predicted octanol–water partition coefficient (Wildman–Crippen LogP) is 7.17. The number of hydrogen-bond acceptors (Lipinski definition) is 9. The third kappa shape index (κ3) is 5.41. The van der Waals surface area contributed by atoms with E-state index in [0.717, 1.165) is 29.3 Å². The molecular weight excluding hydrogens is 580 g/mol. The fourth-order valence-corrected chi connectivity index (χ4v) is 6.54. The molecule has 2 unspecified atom stereocenters. The molecule has 10 heteroatoms. The molecule has 0 radical (unpaired) electrons. The molecule has 9 nitrogen and oxygen atoms in total. The molecule has 1 fully saturated rings. The molecule has 2 aromatic heterocycles. The van der Waals surface area contributed by atoms with E-state index in [1.54, 1.807) is 36.4 Å². The number of carbonyl (C=O) groups excluding carboxylic acids is 3. The van der Waals surface area contributed by atoms with Gasteiger partial charge in [-0.25, -0.2) is 4.98 Å². The number of rotatable bonds is 12. The third-order valence-electron chi connectivity index (χ3n) is 7.66. The van der Waals surface area contributed by atoms with Crippen molar-refractivity contribution in [1.82, 2.24) is 4.98 Å². The standard InChI is InChI=1S/C34H32N2O7S/c1-4-6-9-16-42-25-15-12-21(18-26(25)40-3)30-29(31(37)27-17-20-10-7-8-11-24(20)43-27)32(38)33(39)36(30)34-35-23-14-13-22(41-5-2)19-28(23)44-34/h7-8,10-15,17-19,29-30H,4-6,9,16H2,1-3H3. The van der Waals surface area contributed by atoms with Crippen LogP contribution >= 0.6 is 11.3 Å². The van der Waals surface area contributed by atoms with Crippen LogP contribution in [0.15, 0.2) is 71.1 Å². The number of benzene rings is 3. The lowest BCUT2D eigenvalue weighted by Gasteiger charge is -2.25. The molecular formula is C34H32N2O7S. The molecule has 5 aromatic rings. The summed E-state index contributed by atoms with van der Waals surface area (Å²) in [4.78, 5) is 47.6. The zero-order chi connectivity index (χ0) is 30.8. The number of hydrogen-bond donors (Lipinski definition) is 0. The number of anilines is 1. The lowest BCUT2D eigenvalue weighted by molar-refractivity contribution is -0.135. The predicted molar refractivity (Wildman–Crippen MR) is 168 cm³/mol. The lowest BCUT2D eigenvalue weighted by Crippen LogP contribution is -2.30. The average molecular weight is 613 g/mol. The highest BCUT2D eigenvalue weighted by atomic mass is 32.1. The summed E-state index contributed by atoms with van der Waals surface area (Å²) >= 11 is 1.25. The molecule has 2 atom stereocenters. The van der Waals surface area contributed by atoms with Crippen molar-refractivity contribution < 1.29 is 33.0 Å². The molecule has 0 saturated carbocycles. The number of amides is 1. The molecule has 0 bridgehead atoms. The maximum atomic E-state index is 14.1. The van der Waals surface area contributed by atoms with Crippen molar-refractivity contribution in [2.45, 2.75) is 39.2 Å². The first kappa shape index (κ1) is 29.4. The van der Waals surface area contributed by atoms with E-state index < -0.39 is 29.4 Å². The second kappa shape index (κ2) is 12.5. The van der Waals surface area contributed by atoms with Gasteiger partial charge >= 0.3 is 0 Å². The van der Waals surface area contributed by atoms with E-state index in [1.165, 1.54) is 23.3 Å². The second-order valence-electron chi connectivity index (χ2n) is 10.5. The molecule has 0 aliphatic carbocycles. The number of ether oxygens (including phenoxy) is 3. The SMILES string of the molecule is CCCCCOc1ccc(C2C(C(=O)c3cc4ccccc4o3)C(=O)C(=O)N2c2nc3ccc(OCC)cc3s2)cc1OC. The number of nitrogens with zero attached hydrogens (tertiary/aromatic N) is 2. The highest BCUT2D eigenvalue weighted by molar-refractivity contribution is 7.22. The van der Waals surface area contributed by atoms with Crippen molar-refractivity contribution in [1.29, 1.82) is 0 Å². The van der Waals surface area contributed by atoms with Crippen LogP contribution in [-0.2, 0) is 9.59 Å². The number of thiazole rings is 1. The van der Waals surface area contributed by atoms with Gasteiger partial charge in [0.15, 0.2) is 22.4 Å². The quantitative estimate of drug-likeness (QED) is 0.0631. The van der Waals surface area contributed by atoms with Crippen molar-refractivity contribution in [3.05, 3.63) is 78.1 Å². The normalized spacial score (nSPS) is 16.7. The minimum absolute atomic E-state index is 0.0118. The number of carbonyl (C=O) groups is 3. The van der Waals surface area contributed by atoms with Gasteiger partial charge in [0, 0.05) is 5.39 Å². The zero-order valence-electron chi connectivity index (χ0n) is 24.7. The summed E-state index contributed by atoms with van der Waals surface area (Å²) in [7, 11) is 1.53. The molecule has 1 aliphatic rings. The molecule has 0 spiro atoms. The zero-order valence-corrected chi connectivity index (χ0v) is 25.5. The van der Waals surface area contributed by atoms with Gasteiger partial charge in [-0.1, -0.05) is 55.4 Å². The molecule has 0 N–H and O–H groups in total. The highest BCUT2D eigenvalue weighted by Gasteiger charge is 2.54. The van der Waals surface area contributed by atoms with Crippen LogP contribution in [0.25, 0.3) is 21.2 Å². The molecule has 1 aliphatic heterocycles. The van der Waals surface area contributed by atoms with E-state index in [2.05, 4.69) is 6.92 Å². The summed E-state index contributed by atoms with van der Waals surface area (Å²) in [6.07, 6.45) is 3.01. The van der Waals surface area contributed by atoms with Crippen LogP contribution in [-0.4, -0.2) is 42.8 Å². The van der Waals surface area contributed by atoms with Crippen LogP contribution in [0.4, 0.5) is 5.13 Å². The van der Waals surface area contributed by atoms with Crippen molar-refractivity contribution in [2.75, 3.05) is 25.2 Å². The average Bonchev–Trinajstić information content (AvgIpc) is 3.73. The Hall–Kier alpha value is -4.70. The number of unbranched alkanes of at least 4 members (excludes halogenated alkanes) is 2. The van der Waals surface area contributed by atoms with Crippen LogP contribution in [0.3, 0.4) is 0 Å². The molecule has 44 heavy (non-hydrogen) atoms. The van der Waals surface area contributed by atoms with Gasteiger partial charge in [-0.2, -0.15) is 0 Å². The van der Waals surface area contributed by atoms with Crippen molar-refractivity contribution >= 4 is 55.1 Å². The van der Waals surface area contributed by atoms with Crippen molar-refractivity contribution in [3.8, 4) is 17.2 Å². The minimum Gasteiger partial charge on any atom is -0.494 e. The molecule has 1 amide bonds. The number of fused-ring (bicyclic) bond motifs is 2. The monoisotopic (exact) mass is 612 g/mol. The maximum absolute atomic E-state index is 14.1. The van der Waals surface area contributed by atoms with E-state index in [0.29, 0.717) is 52.3 Å². The van der Waals surface area contributed by atoms with E-state index >= 15 is 0 Å². The number of Topliss-reactive ketones (excluding diaryl/α,β-unsaturated/α-hetero) is 2. The Kier molecular flexibility index (Phi) is 8.34. The van der Waals surface area contributed by atoms with E-state index in [4.69, 9.17) is 23.6 Å². The molecule has 6 rings (SSSR count). The topological polar surface area (TPSA) is 108 Å². The summed E-state index contributed by atoms with van der Waals surface area (Å²) < 4.78 is 23.9. The Morgan fingerprint density at radius 3 is 2.59 bits per heavy atom. The van der Waals surface area contributed by atoms with Crippen molar-refractivity contribution in [2.24, 2.45) is 5.92 Å². The Morgan fingerprint density at radius 2 is 1.82 bits per heavy atom. The highest BCUT2D eigenvalue weighted by Crippen LogP contribution is 2.46. The maximum Gasteiger partial charge on any atom is 0.297 e. The van der Waals surface area contributed by atoms with Crippen molar-refractivity contribution in [3.63, 3.8) is 0 Å². The lowest BCUT2D eigenvalue weighted by atomic mass is 9.88. The summed E-state index contributed by atoms with van der Waals surface area (Å²) in [6.45, 7) is 5.05. The molecule has 226 valence electrons. The summed E-state index contributed by atoms with van der Waals surface area (Å²) in [6, 6.07) is 18.5. The number of para-hydroxylation sites is 1. The first-order chi connectivity index (χ1) is 21.4. The Labute approximate surface area is 258 Å². The van der Waals surface area contributed by atoms with Gasteiger partial charge in [-0.15, -0.1) is 0 Å². The summed E-state index contributed by atoms with van der Waals surface area (Å²) in [5.41, 5.74) is 1.70. The Morgan fingerprint density at radius 1 is 0.977 bits per heavy atom. The van der Waals surface area contributed by atoms with E-state index in [-0.39, 0.29) is 5.76 Å². The van der Waals surface area contributed by atoms with Gasteiger partial charge in [-0.3, -0.25) is 19.3 Å². The smallest absolute Gasteiger partial charge is 0.297 e. The second-order valence-corrected chi connectivity index (χ2v) is 11.5. The first-order valence-corrected chi connectivity index (χ1v) is 15.5. The third-order valence-corrected chi connectivity index (χ3v) is 8.67. The van der Waals surface area contributed by atoms with Crippen LogP contribution < -0.4 is 19.1 Å². The van der Waals surface area contributed by atoms with Gasteiger partial charge in [0.05, 0.1) is 36.6 Å². The summed E-state index contributed by atoms with van der Waals surface area (Å²) in [5, 5.41) is 1.03. The number of methoxy groups -OCH3 is 1. The van der Waals surface area contributed by atoms with Gasteiger partial charge in [0.25, 0.3) is 5.91 Å². The van der Waals surface area contributed by atoms with Crippen LogP contribution in [0.5, 0.6) is 17.2 Å². The van der Waals surface area contributed by atoms with Gasteiger partial charge in [-0.05, 0) is 61.4 Å². The number of ketones is 2. The van der Waals surface area contributed by atoms with Crippen LogP contribution in [0.2, 0.25) is 0 Å². The Bertz CT molecular complexity index is 1830. The van der Waals surface area contributed by atoms with Crippen LogP contribution in [0, 0.1) is 5.92 Å². The number of aromatic nitrogens is 1. The van der Waals surface area contributed by atoms with E-state index in [1.807, 2.05) is 37.3 Å². The summed E-state index contributed by atoms with van der Waals surface area (Å²) in [5.74, 6) is -1.92. The first-order valence-electron chi connectivity index (χ1n) is 14.7. The number of furan rings is 1. The molecule has 1 saturated heterocycles. The van der Waals surface area contributed by atoms with Gasteiger partial charge in [0.2, 0.25) is 11.6 Å². The van der Waals surface area contributed by atoms with Crippen LogP contribution in [0.1, 0.15) is 55.3 Å². The molecule has 3 aromatic carbocycles.